The summed E-state index contributed by atoms with van der Waals surface area (Å²) in [6.45, 7) is 5.15. The molecule has 0 fully saturated rings. The van der Waals surface area contributed by atoms with Crippen LogP contribution in [0, 0.1) is 11.8 Å². The topological polar surface area (TPSA) is 12.0 Å². The number of aryl methyl sites for hydroxylation is 2. The highest BCUT2D eigenvalue weighted by atomic mass is 32.1. The maximum Gasteiger partial charge on any atom is 0.0424 e. The SMILES string of the molecule is CC#CCCC(NCC)c1cc2c(s1)CCCCC2. The van der Waals surface area contributed by atoms with Crippen molar-refractivity contribution in [3.8, 4) is 11.8 Å². The third-order valence-electron chi connectivity index (χ3n) is 3.79. The molecule has 0 aliphatic heterocycles. The monoisotopic (exact) mass is 275 g/mol. The molecule has 0 spiro atoms. The molecule has 1 unspecified atom stereocenters. The van der Waals surface area contributed by atoms with E-state index in [1.165, 1.54) is 37.0 Å². The van der Waals surface area contributed by atoms with Crippen molar-refractivity contribution < 1.29 is 0 Å². The van der Waals surface area contributed by atoms with Crippen LogP contribution in [0.15, 0.2) is 6.07 Å². The highest BCUT2D eigenvalue weighted by Crippen LogP contribution is 2.33. The lowest BCUT2D eigenvalue weighted by Gasteiger charge is -2.14. The van der Waals surface area contributed by atoms with Crippen LogP contribution >= 0.6 is 11.3 Å². The fraction of sp³-hybridized carbons (Fsp3) is 0.647. The second-order valence-corrected chi connectivity index (χ2v) is 6.40. The minimum absolute atomic E-state index is 0.503. The van der Waals surface area contributed by atoms with Crippen LogP contribution in [0.5, 0.6) is 0 Å². The molecule has 1 aliphatic rings. The van der Waals surface area contributed by atoms with Gasteiger partial charge in [-0.2, -0.15) is 0 Å². The average Bonchev–Trinajstić information content (AvgIpc) is 2.69. The second-order valence-electron chi connectivity index (χ2n) is 5.23. The van der Waals surface area contributed by atoms with Crippen molar-refractivity contribution in [1.82, 2.24) is 5.32 Å². The zero-order valence-electron chi connectivity index (χ0n) is 12.2. The van der Waals surface area contributed by atoms with Gasteiger partial charge >= 0.3 is 0 Å². The molecule has 2 heteroatoms. The van der Waals surface area contributed by atoms with Gasteiger partial charge in [0, 0.05) is 22.2 Å². The Bertz CT molecular complexity index is 426. The van der Waals surface area contributed by atoms with Gasteiger partial charge in [-0.05, 0) is 57.2 Å². The Hall–Kier alpha value is -0.780. The van der Waals surface area contributed by atoms with Gasteiger partial charge < -0.3 is 5.32 Å². The summed E-state index contributed by atoms with van der Waals surface area (Å²) < 4.78 is 0. The Morgan fingerprint density at radius 2 is 2.16 bits per heavy atom. The Kier molecular flexibility index (Phi) is 5.94. The fourth-order valence-corrected chi connectivity index (χ4v) is 4.16. The maximum atomic E-state index is 3.63. The number of rotatable bonds is 5. The van der Waals surface area contributed by atoms with Crippen molar-refractivity contribution in [3.63, 3.8) is 0 Å². The van der Waals surface area contributed by atoms with E-state index >= 15 is 0 Å². The van der Waals surface area contributed by atoms with Crippen LogP contribution in [0.3, 0.4) is 0 Å². The van der Waals surface area contributed by atoms with E-state index in [1.807, 2.05) is 18.3 Å². The summed E-state index contributed by atoms with van der Waals surface area (Å²) in [5.41, 5.74) is 1.63. The van der Waals surface area contributed by atoms with E-state index in [2.05, 4.69) is 30.1 Å². The minimum Gasteiger partial charge on any atom is -0.309 e. The van der Waals surface area contributed by atoms with E-state index in [9.17, 15) is 0 Å². The number of thiophene rings is 1. The molecule has 0 amide bonds. The average molecular weight is 275 g/mol. The Labute approximate surface area is 121 Å². The molecule has 0 radical (unpaired) electrons. The first-order valence-electron chi connectivity index (χ1n) is 7.59. The van der Waals surface area contributed by atoms with Crippen molar-refractivity contribution in [2.45, 2.75) is 64.8 Å². The fourth-order valence-electron chi connectivity index (χ4n) is 2.79. The number of hydrogen-bond donors (Lipinski definition) is 1. The molecule has 104 valence electrons. The van der Waals surface area contributed by atoms with Gasteiger partial charge in [-0.3, -0.25) is 0 Å². The van der Waals surface area contributed by atoms with Crippen LogP contribution in [0.2, 0.25) is 0 Å². The molecule has 2 rings (SSSR count). The van der Waals surface area contributed by atoms with E-state index in [-0.39, 0.29) is 0 Å². The molecular formula is C17H25NS. The summed E-state index contributed by atoms with van der Waals surface area (Å²) in [6, 6.07) is 2.97. The summed E-state index contributed by atoms with van der Waals surface area (Å²) in [5.74, 6) is 6.19. The van der Waals surface area contributed by atoms with Crippen LogP contribution in [0.1, 0.15) is 67.3 Å². The first-order chi connectivity index (χ1) is 9.35. The Morgan fingerprint density at radius 1 is 1.32 bits per heavy atom. The number of nitrogens with one attached hydrogen (secondary N) is 1. The summed E-state index contributed by atoms with van der Waals surface area (Å²) in [7, 11) is 0. The highest BCUT2D eigenvalue weighted by molar-refractivity contribution is 7.12. The second kappa shape index (κ2) is 7.72. The predicted molar refractivity (Wildman–Crippen MR) is 84.7 cm³/mol. The summed E-state index contributed by atoms with van der Waals surface area (Å²) in [4.78, 5) is 3.18. The summed E-state index contributed by atoms with van der Waals surface area (Å²) in [5, 5.41) is 3.63. The molecule has 0 bridgehead atoms. The lowest BCUT2D eigenvalue weighted by molar-refractivity contribution is 0.530. The molecule has 1 N–H and O–H groups in total. The van der Waals surface area contributed by atoms with Crippen LogP contribution in [0.4, 0.5) is 0 Å². The van der Waals surface area contributed by atoms with Crippen molar-refractivity contribution in [2.24, 2.45) is 0 Å². The molecule has 0 saturated carbocycles. The maximum absolute atomic E-state index is 3.63. The van der Waals surface area contributed by atoms with E-state index in [1.54, 1.807) is 10.4 Å². The van der Waals surface area contributed by atoms with Crippen LogP contribution < -0.4 is 5.32 Å². The van der Waals surface area contributed by atoms with Crippen LogP contribution in [-0.2, 0) is 12.8 Å². The zero-order chi connectivity index (χ0) is 13.5. The molecule has 19 heavy (non-hydrogen) atoms. The van der Waals surface area contributed by atoms with Gasteiger partial charge in [-0.1, -0.05) is 13.3 Å². The molecule has 0 aromatic carbocycles. The van der Waals surface area contributed by atoms with Crippen molar-refractivity contribution >= 4 is 11.3 Å². The third-order valence-corrected chi connectivity index (χ3v) is 5.15. The Balaban J connectivity index is 2.09. The normalized spacial score (nSPS) is 16.1. The van der Waals surface area contributed by atoms with Crippen LogP contribution in [-0.4, -0.2) is 6.54 Å². The largest absolute Gasteiger partial charge is 0.309 e. The van der Waals surface area contributed by atoms with E-state index < -0.39 is 0 Å². The van der Waals surface area contributed by atoms with E-state index in [0.717, 1.165) is 19.4 Å². The summed E-state index contributed by atoms with van der Waals surface area (Å²) >= 11 is 2.04. The van der Waals surface area contributed by atoms with Gasteiger partial charge in [-0.15, -0.1) is 23.2 Å². The smallest absolute Gasteiger partial charge is 0.0424 e. The zero-order valence-corrected chi connectivity index (χ0v) is 13.0. The lowest BCUT2D eigenvalue weighted by atomic mass is 10.1. The first-order valence-corrected chi connectivity index (χ1v) is 8.41. The number of fused-ring (bicyclic) bond motifs is 1. The van der Waals surface area contributed by atoms with Crippen molar-refractivity contribution in [3.05, 3.63) is 21.4 Å². The van der Waals surface area contributed by atoms with Gasteiger partial charge in [0.2, 0.25) is 0 Å². The third kappa shape index (κ3) is 4.09. The van der Waals surface area contributed by atoms with E-state index in [4.69, 9.17) is 0 Å². The quantitative estimate of drug-likeness (QED) is 0.617. The van der Waals surface area contributed by atoms with Crippen molar-refractivity contribution in [2.75, 3.05) is 6.54 Å². The molecule has 1 aromatic rings. The standard InChI is InChI=1S/C17H25NS/c1-3-5-7-11-15(18-4-2)17-13-14-10-8-6-9-12-16(14)19-17/h13,15,18H,4,6-12H2,1-2H3. The molecule has 1 atom stereocenters. The molecule has 1 aromatic heterocycles. The molecular weight excluding hydrogens is 250 g/mol. The predicted octanol–water partition coefficient (Wildman–Crippen LogP) is 4.47. The van der Waals surface area contributed by atoms with Crippen molar-refractivity contribution in [1.29, 1.82) is 0 Å². The van der Waals surface area contributed by atoms with Gasteiger partial charge in [0.25, 0.3) is 0 Å². The first kappa shape index (κ1) is 14.6. The highest BCUT2D eigenvalue weighted by Gasteiger charge is 2.17. The van der Waals surface area contributed by atoms with Crippen LogP contribution in [0.25, 0.3) is 0 Å². The molecule has 1 aliphatic carbocycles. The molecule has 0 saturated heterocycles. The number of hydrogen-bond acceptors (Lipinski definition) is 2. The van der Waals surface area contributed by atoms with Gasteiger partial charge in [-0.25, -0.2) is 0 Å². The van der Waals surface area contributed by atoms with E-state index in [0.29, 0.717) is 6.04 Å². The molecule has 1 nitrogen and oxygen atoms in total. The lowest BCUT2D eigenvalue weighted by Crippen LogP contribution is -2.19. The van der Waals surface area contributed by atoms with Gasteiger partial charge in [0.1, 0.15) is 0 Å². The Morgan fingerprint density at radius 3 is 2.95 bits per heavy atom. The molecule has 1 heterocycles. The van der Waals surface area contributed by atoms with Gasteiger partial charge in [0.05, 0.1) is 0 Å². The summed E-state index contributed by atoms with van der Waals surface area (Å²) in [6.07, 6.45) is 8.87. The van der Waals surface area contributed by atoms with Gasteiger partial charge in [0.15, 0.2) is 0 Å². The minimum atomic E-state index is 0.503.